The van der Waals surface area contributed by atoms with E-state index in [1.54, 1.807) is 0 Å². The molecule has 1 aromatic carbocycles. The molecule has 2 aromatic heterocycles. The van der Waals surface area contributed by atoms with Crippen molar-refractivity contribution in [2.75, 3.05) is 31.2 Å². The molecule has 5 rings (SSSR count). The van der Waals surface area contributed by atoms with Gasteiger partial charge in [0, 0.05) is 30.9 Å². The monoisotopic (exact) mass is 422 g/mol. The normalized spacial score (nSPS) is 21.2. The molecule has 6 nitrogen and oxygen atoms in total. The third kappa shape index (κ3) is 3.68. The molecule has 3 aromatic rings. The standard InChI is InChI=1S/C23H26N4O2S/c1-23(2)10-19-20(21(28)25-14-23)30-22(26-19)27-7-8-29-13-17(27)9-16-12-24-11-15-5-3-4-6-18(15)16/h3-6,11-12,17H,7-10,13-14H2,1-2H3,(H,25,28). The molecule has 1 unspecified atom stereocenters. The van der Waals surface area contributed by atoms with Crippen LogP contribution in [-0.2, 0) is 17.6 Å². The van der Waals surface area contributed by atoms with Crippen LogP contribution < -0.4 is 10.2 Å². The molecule has 1 N–H and O–H groups in total. The first-order valence-electron chi connectivity index (χ1n) is 10.4. The summed E-state index contributed by atoms with van der Waals surface area (Å²) in [6, 6.07) is 8.52. The summed E-state index contributed by atoms with van der Waals surface area (Å²) < 4.78 is 5.83. The van der Waals surface area contributed by atoms with E-state index in [4.69, 9.17) is 9.72 Å². The van der Waals surface area contributed by atoms with Crippen molar-refractivity contribution < 1.29 is 9.53 Å². The second-order valence-corrected chi connectivity index (χ2v) is 9.92. The lowest BCUT2D eigenvalue weighted by Crippen LogP contribution is -2.46. The van der Waals surface area contributed by atoms with Gasteiger partial charge in [-0.15, -0.1) is 0 Å². The topological polar surface area (TPSA) is 67.4 Å². The van der Waals surface area contributed by atoms with E-state index in [2.05, 4.69) is 47.2 Å². The quantitative estimate of drug-likeness (QED) is 0.700. The second kappa shape index (κ2) is 7.63. The SMILES string of the molecule is CC1(C)CNC(=O)c2sc(N3CCOCC3Cc3cncc4ccccc34)nc2C1. The van der Waals surface area contributed by atoms with Gasteiger partial charge in [-0.2, -0.15) is 0 Å². The number of carbonyl (C=O) groups excluding carboxylic acids is 1. The Hall–Kier alpha value is -2.51. The molecule has 30 heavy (non-hydrogen) atoms. The summed E-state index contributed by atoms with van der Waals surface area (Å²) in [4.78, 5) is 25.1. The number of fused-ring (bicyclic) bond motifs is 2. The van der Waals surface area contributed by atoms with E-state index >= 15 is 0 Å². The fourth-order valence-electron chi connectivity index (χ4n) is 4.35. The molecule has 2 aliphatic rings. The van der Waals surface area contributed by atoms with Gasteiger partial charge in [-0.05, 0) is 29.2 Å². The molecule has 4 heterocycles. The number of benzene rings is 1. The summed E-state index contributed by atoms with van der Waals surface area (Å²) in [6.07, 6.45) is 5.50. The van der Waals surface area contributed by atoms with Gasteiger partial charge in [0.2, 0.25) is 0 Å². The molecule has 0 saturated carbocycles. The first kappa shape index (κ1) is 19.5. The van der Waals surface area contributed by atoms with E-state index in [1.807, 2.05) is 18.5 Å². The van der Waals surface area contributed by atoms with Gasteiger partial charge in [0.25, 0.3) is 5.91 Å². The maximum Gasteiger partial charge on any atom is 0.263 e. The van der Waals surface area contributed by atoms with Crippen molar-refractivity contribution in [1.29, 1.82) is 0 Å². The Kier molecular flexibility index (Phi) is 4.95. The van der Waals surface area contributed by atoms with Crippen molar-refractivity contribution in [1.82, 2.24) is 15.3 Å². The highest BCUT2D eigenvalue weighted by molar-refractivity contribution is 7.17. The Morgan fingerprint density at radius 1 is 1.30 bits per heavy atom. The van der Waals surface area contributed by atoms with Gasteiger partial charge >= 0.3 is 0 Å². The van der Waals surface area contributed by atoms with Crippen LogP contribution in [0.1, 0.15) is 34.8 Å². The Morgan fingerprint density at radius 2 is 2.17 bits per heavy atom. The molecule has 156 valence electrons. The van der Waals surface area contributed by atoms with Crippen LogP contribution in [0.5, 0.6) is 0 Å². The number of morpholine rings is 1. The minimum absolute atomic E-state index is 0.00221. The smallest absolute Gasteiger partial charge is 0.263 e. The third-order valence-corrected chi connectivity index (χ3v) is 7.08. The molecular formula is C23H26N4O2S. The number of carbonyl (C=O) groups is 1. The number of hydrogen-bond donors (Lipinski definition) is 1. The predicted octanol–water partition coefficient (Wildman–Crippen LogP) is 3.45. The summed E-state index contributed by atoms with van der Waals surface area (Å²) in [5, 5.41) is 6.37. The van der Waals surface area contributed by atoms with Gasteiger partial charge in [0.05, 0.1) is 24.9 Å². The predicted molar refractivity (Wildman–Crippen MR) is 119 cm³/mol. The number of nitrogens with zero attached hydrogens (tertiary/aromatic N) is 3. The zero-order valence-corrected chi connectivity index (χ0v) is 18.2. The first-order valence-corrected chi connectivity index (χ1v) is 11.3. The zero-order valence-electron chi connectivity index (χ0n) is 17.4. The van der Waals surface area contributed by atoms with Gasteiger partial charge in [-0.25, -0.2) is 4.98 Å². The van der Waals surface area contributed by atoms with Crippen LogP contribution in [0.2, 0.25) is 0 Å². The summed E-state index contributed by atoms with van der Waals surface area (Å²) in [7, 11) is 0. The molecule has 1 atom stereocenters. The maximum atomic E-state index is 12.6. The number of nitrogens with one attached hydrogen (secondary N) is 1. The molecule has 2 aliphatic heterocycles. The lowest BCUT2D eigenvalue weighted by atomic mass is 9.88. The Balaban J connectivity index is 1.46. The van der Waals surface area contributed by atoms with Gasteiger partial charge in [0.1, 0.15) is 4.88 Å². The van der Waals surface area contributed by atoms with Gasteiger partial charge in [-0.1, -0.05) is 49.4 Å². The zero-order chi connectivity index (χ0) is 20.7. The summed E-state index contributed by atoms with van der Waals surface area (Å²) in [5.41, 5.74) is 2.14. The molecule has 1 fully saturated rings. The van der Waals surface area contributed by atoms with Crippen LogP contribution in [0.15, 0.2) is 36.7 Å². The van der Waals surface area contributed by atoms with E-state index in [0.717, 1.165) is 40.5 Å². The van der Waals surface area contributed by atoms with E-state index in [9.17, 15) is 4.79 Å². The molecule has 1 amide bonds. The molecular weight excluding hydrogens is 396 g/mol. The molecule has 0 spiro atoms. The minimum Gasteiger partial charge on any atom is -0.377 e. The molecule has 0 bridgehead atoms. The third-order valence-electron chi connectivity index (χ3n) is 5.95. The second-order valence-electron chi connectivity index (χ2n) is 8.94. The molecule has 1 saturated heterocycles. The Morgan fingerprint density at radius 3 is 3.07 bits per heavy atom. The number of thiazole rings is 1. The van der Waals surface area contributed by atoms with Crippen LogP contribution in [-0.4, -0.2) is 48.2 Å². The van der Waals surface area contributed by atoms with E-state index < -0.39 is 0 Å². The fourth-order valence-corrected chi connectivity index (χ4v) is 5.44. The van der Waals surface area contributed by atoms with Crippen molar-refractivity contribution in [2.24, 2.45) is 5.41 Å². The highest BCUT2D eigenvalue weighted by Gasteiger charge is 2.33. The number of amides is 1. The van der Waals surface area contributed by atoms with Crippen molar-refractivity contribution in [3.05, 3.63) is 52.8 Å². The first-order chi connectivity index (χ1) is 14.5. The van der Waals surface area contributed by atoms with Crippen LogP contribution in [0.25, 0.3) is 10.8 Å². The Bertz CT molecular complexity index is 1090. The number of rotatable bonds is 3. The largest absolute Gasteiger partial charge is 0.377 e. The van der Waals surface area contributed by atoms with Crippen molar-refractivity contribution in [3.63, 3.8) is 0 Å². The molecule has 0 radical (unpaired) electrons. The van der Waals surface area contributed by atoms with Crippen molar-refractivity contribution >= 4 is 33.1 Å². The average Bonchev–Trinajstić information content (AvgIpc) is 3.11. The highest BCUT2D eigenvalue weighted by atomic mass is 32.1. The molecule has 0 aliphatic carbocycles. The van der Waals surface area contributed by atoms with Crippen LogP contribution in [0, 0.1) is 5.41 Å². The Labute approximate surface area is 180 Å². The highest BCUT2D eigenvalue weighted by Crippen LogP contribution is 2.35. The van der Waals surface area contributed by atoms with E-state index in [0.29, 0.717) is 19.8 Å². The average molecular weight is 423 g/mol. The lowest BCUT2D eigenvalue weighted by Gasteiger charge is -2.35. The summed E-state index contributed by atoms with van der Waals surface area (Å²) >= 11 is 1.51. The fraction of sp³-hybridized carbons (Fsp3) is 0.435. The van der Waals surface area contributed by atoms with E-state index in [-0.39, 0.29) is 17.4 Å². The van der Waals surface area contributed by atoms with Crippen LogP contribution in [0.4, 0.5) is 5.13 Å². The van der Waals surface area contributed by atoms with Crippen LogP contribution in [0.3, 0.4) is 0 Å². The summed E-state index contributed by atoms with van der Waals surface area (Å²) in [5.74, 6) is 0.00221. The van der Waals surface area contributed by atoms with Crippen molar-refractivity contribution in [2.45, 2.75) is 32.7 Å². The number of anilines is 1. The maximum absolute atomic E-state index is 12.6. The van der Waals surface area contributed by atoms with Gasteiger partial charge in [0.15, 0.2) is 5.13 Å². The number of ether oxygens (including phenoxy) is 1. The summed E-state index contributed by atoms with van der Waals surface area (Å²) in [6.45, 7) is 7.12. The number of aromatic nitrogens is 2. The van der Waals surface area contributed by atoms with Gasteiger partial charge in [-0.3, -0.25) is 9.78 Å². The van der Waals surface area contributed by atoms with Crippen molar-refractivity contribution in [3.8, 4) is 0 Å². The minimum atomic E-state index is 0.00221. The van der Waals surface area contributed by atoms with Gasteiger partial charge < -0.3 is 15.0 Å². The molecule has 7 heteroatoms. The number of pyridine rings is 1. The van der Waals surface area contributed by atoms with Crippen LogP contribution >= 0.6 is 11.3 Å². The van der Waals surface area contributed by atoms with E-state index in [1.165, 1.54) is 22.3 Å². The lowest BCUT2D eigenvalue weighted by molar-refractivity contribution is 0.0941. The number of hydrogen-bond acceptors (Lipinski definition) is 6.